The highest BCUT2D eigenvalue weighted by Crippen LogP contribution is 2.39. The Morgan fingerprint density at radius 1 is 1.00 bits per heavy atom. The van der Waals surface area contributed by atoms with E-state index in [1.807, 2.05) is 71.0 Å². The number of amides is 1. The first-order valence-electron chi connectivity index (χ1n) is 17.4. The van der Waals surface area contributed by atoms with Gasteiger partial charge in [-0.15, -0.1) is 0 Å². The fourth-order valence-corrected chi connectivity index (χ4v) is 6.89. The molecule has 3 aromatic rings. The van der Waals surface area contributed by atoms with Crippen LogP contribution in [0, 0.1) is 6.92 Å². The van der Waals surface area contributed by atoms with Crippen molar-refractivity contribution in [2.24, 2.45) is 4.99 Å². The summed E-state index contributed by atoms with van der Waals surface area (Å²) in [5, 5.41) is 0. The zero-order valence-corrected chi connectivity index (χ0v) is 29.7. The topological polar surface area (TPSA) is 45.1 Å². The summed E-state index contributed by atoms with van der Waals surface area (Å²) < 4.78 is 6.19. The van der Waals surface area contributed by atoms with Crippen molar-refractivity contribution in [2.75, 3.05) is 20.1 Å². The number of carbonyl (C=O) groups excluding carboxylic acids is 1. The maximum absolute atomic E-state index is 13.9. The van der Waals surface area contributed by atoms with E-state index in [1.54, 1.807) is 4.90 Å². The van der Waals surface area contributed by atoms with Gasteiger partial charge in [0.25, 0.3) is 5.91 Å². The van der Waals surface area contributed by atoms with Gasteiger partial charge in [0, 0.05) is 40.8 Å². The Morgan fingerprint density at radius 2 is 1.65 bits per heavy atom. The van der Waals surface area contributed by atoms with Crippen molar-refractivity contribution in [2.45, 2.75) is 105 Å². The Morgan fingerprint density at radius 3 is 2.26 bits per heavy atom. The van der Waals surface area contributed by atoms with Crippen LogP contribution >= 0.6 is 0 Å². The molecule has 5 nitrogen and oxygen atoms in total. The number of likely N-dealkylation sites (N-methyl/N-ethyl adjacent to an activating group) is 1. The second-order valence-electron chi connectivity index (χ2n) is 12.9. The van der Waals surface area contributed by atoms with Gasteiger partial charge in [0.1, 0.15) is 5.76 Å². The molecule has 2 aliphatic heterocycles. The van der Waals surface area contributed by atoms with Crippen molar-refractivity contribution in [3.8, 4) is 0 Å². The van der Waals surface area contributed by atoms with Gasteiger partial charge in [-0.1, -0.05) is 88.7 Å². The van der Waals surface area contributed by atoms with Gasteiger partial charge in [-0.2, -0.15) is 0 Å². The van der Waals surface area contributed by atoms with Crippen LogP contribution in [0.3, 0.4) is 0 Å². The Balaban J connectivity index is 0.00000235. The summed E-state index contributed by atoms with van der Waals surface area (Å²) in [5.41, 5.74) is 10.5. The Labute approximate surface area is 278 Å². The average molecular weight is 622 g/mol. The van der Waals surface area contributed by atoms with Gasteiger partial charge in [-0.05, 0) is 95.4 Å². The molecule has 3 atom stereocenters. The third kappa shape index (κ3) is 7.63. The van der Waals surface area contributed by atoms with E-state index in [9.17, 15) is 4.79 Å². The third-order valence-corrected chi connectivity index (χ3v) is 9.28. The van der Waals surface area contributed by atoms with E-state index < -0.39 is 6.23 Å². The quantitative estimate of drug-likeness (QED) is 0.168. The smallest absolute Gasteiger partial charge is 0.256 e. The molecular weight excluding hydrogens is 566 g/mol. The summed E-state index contributed by atoms with van der Waals surface area (Å²) >= 11 is 0. The van der Waals surface area contributed by atoms with Crippen LogP contribution in [0.5, 0.6) is 0 Å². The molecule has 0 saturated carbocycles. The van der Waals surface area contributed by atoms with Gasteiger partial charge >= 0.3 is 0 Å². The number of aryl methyl sites for hydroxylation is 3. The maximum atomic E-state index is 13.9. The molecule has 1 amide bonds. The maximum Gasteiger partial charge on any atom is 0.256 e. The van der Waals surface area contributed by atoms with E-state index >= 15 is 0 Å². The van der Waals surface area contributed by atoms with Crippen molar-refractivity contribution >= 4 is 17.4 Å². The number of benzene rings is 3. The summed E-state index contributed by atoms with van der Waals surface area (Å²) in [6.45, 7) is 22.8. The standard InChI is InChI=1S/C39H49N3O2.C2H6/c1-9-11-33-23-34-35(22-29(33)10-2)38(40-37-20-21-41(8)24-36(34)37)31-16-18-32(19-17-31)39(43)42(25(3)4)28(7)44-27(6)30-14-12-26(5)13-15-30;1-2/h12-19,22-23,25,28,36-37H,6,9-11,20-21,24H2,1-5,7-8H3;1-2H3/t28?,36-,37-;/m1./s1. The highest BCUT2D eigenvalue weighted by Gasteiger charge is 2.36. The first kappa shape index (κ1) is 35.2. The van der Waals surface area contributed by atoms with Gasteiger partial charge in [0.2, 0.25) is 0 Å². The minimum Gasteiger partial charge on any atom is -0.471 e. The minimum absolute atomic E-state index is 0.0521. The van der Waals surface area contributed by atoms with Crippen molar-refractivity contribution < 1.29 is 9.53 Å². The van der Waals surface area contributed by atoms with Crippen LogP contribution in [-0.4, -0.2) is 59.9 Å². The second kappa shape index (κ2) is 15.7. The number of likely N-dealkylation sites (tertiary alicyclic amines) is 1. The van der Waals surface area contributed by atoms with Crippen LogP contribution in [0.15, 0.2) is 72.2 Å². The predicted octanol–water partition coefficient (Wildman–Crippen LogP) is 9.06. The molecule has 0 bridgehead atoms. The van der Waals surface area contributed by atoms with Crippen molar-refractivity contribution in [1.29, 1.82) is 0 Å². The monoisotopic (exact) mass is 621 g/mol. The molecule has 246 valence electrons. The summed E-state index contributed by atoms with van der Waals surface area (Å²) in [6, 6.07) is 21.3. The Hall–Kier alpha value is -3.70. The number of fused-ring (bicyclic) bond motifs is 3. The molecule has 5 rings (SSSR count). The summed E-state index contributed by atoms with van der Waals surface area (Å²) in [5.74, 6) is 0.918. The Bertz CT molecular complexity index is 1520. The lowest BCUT2D eigenvalue weighted by molar-refractivity contribution is 0.00420. The molecule has 0 aromatic heterocycles. The number of rotatable bonds is 10. The van der Waals surface area contributed by atoms with Gasteiger partial charge in [-0.25, -0.2) is 0 Å². The van der Waals surface area contributed by atoms with E-state index in [4.69, 9.17) is 9.73 Å². The highest BCUT2D eigenvalue weighted by atomic mass is 16.5. The zero-order chi connectivity index (χ0) is 33.5. The number of nitrogens with zero attached hydrogens (tertiary/aromatic N) is 3. The van der Waals surface area contributed by atoms with Gasteiger partial charge in [0.05, 0.1) is 11.8 Å². The minimum atomic E-state index is -0.475. The number of hydrogen-bond donors (Lipinski definition) is 0. The lowest BCUT2D eigenvalue weighted by atomic mass is 9.77. The molecule has 1 saturated heterocycles. The van der Waals surface area contributed by atoms with Gasteiger partial charge in [-0.3, -0.25) is 9.79 Å². The zero-order valence-electron chi connectivity index (χ0n) is 29.7. The second-order valence-corrected chi connectivity index (χ2v) is 12.9. The molecule has 46 heavy (non-hydrogen) atoms. The average Bonchev–Trinajstić information content (AvgIpc) is 3.05. The molecule has 5 heteroatoms. The molecule has 2 heterocycles. The molecule has 1 fully saturated rings. The third-order valence-electron chi connectivity index (χ3n) is 9.28. The molecule has 0 spiro atoms. The SMILES string of the molecule is C=C(OC(C)N(C(=O)c1ccc(C2=N[C@@H]3CCN(C)C[C@@H]3c3cc(CCC)c(CC)cc32)cc1)C(C)C)c1ccc(C)cc1.CC. The van der Waals surface area contributed by atoms with Crippen LogP contribution < -0.4 is 0 Å². The van der Waals surface area contributed by atoms with E-state index in [-0.39, 0.29) is 18.0 Å². The lowest BCUT2D eigenvalue weighted by Crippen LogP contribution is -2.44. The molecule has 3 aromatic carbocycles. The fourth-order valence-electron chi connectivity index (χ4n) is 6.89. The van der Waals surface area contributed by atoms with Crippen molar-refractivity contribution in [3.63, 3.8) is 0 Å². The molecule has 0 aliphatic carbocycles. The molecule has 1 unspecified atom stereocenters. The summed E-state index contributed by atoms with van der Waals surface area (Å²) in [7, 11) is 2.23. The molecular formula is C41H55N3O2. The van der Waals surface area contributed by atoms with E-state index in [0.29, 0.717) is 17.2 Å². The molecule has 2 aliphatic rings. The first-order valence-corrected chi connectivity index (χ1v) is 17.4. The first-order chi connectivity index (χ1) is 22.1. The van der Waals surface area contributed by atoms with Crippen LogP contribution in [0.25, 0.3) is 5.76 Å². The molecule has 0 radical (unpaired) electrons. The number of aliphatic imine (C=N–C) groups is 1. The highest BCUT2D eigenvalue weighted by molar-refractivity contribution is 6.15. The number of hydrogen-bond acceptors (Lipinski definition) is 4. The lowest BCUT2D eigenvalue weighted by Gasteiger charge is -2.39. The van der Waals surface area contributed by atoms with Crippen LogP contribution in [0.4, 0.5) is 0 Å². The van der Waals surface area contributed by atoms with Crippen LogP contribution in [0.1, 0.15) is 117 Å². The number of ether oxygens (including phenoxy) is 1. The van der Waals surface area contributed by atoms with Crippen LogP contribution in [0.2, 0.25) is 0 Å². The molecule has 0 N–H and O–H groups in total. The fraction of sp³-hybridized carbons (Fsp3) is 0.463. The summed E-state index contributed by atoms with van der Waals surface area (Å²) in [6.07, 6.45) is 3.86. The Kier molecular flexibility index (Phi) is 12.0. The van der Waals surface area contributed by atoms with Gasteiger partial charge in [0.15, 0.2) is 6.23 Å². The predicted molar refractivity (Wildman–Crippen MR) is 194 cm³/mol. The van der Waals surface area contributed by atoms with E-state index in [1.165, 1.54) is 27.8 Å². The van der Waals surface area contributed by atoms with Crippen LogP contribution in [-0.2, 0) is 17.6 Å². The number of piperidine rings is 1. The van der Waals surface area contributed by atoms with E-state index in [0.717, 1.165) is 55.6 Å². The summed E-state index contributed by atoms with van der Waals surface area (Å²) in [4.78, 5) is 23.5. The van der Waals surface area contributed by atoms with E-state index in [2.05, 4.69) is 63.6 Å². The normalized spacial score (nSPS) is 18.0. The largest absolute Gasteiger partial charge is 0.471 e. The number of carbonyl (C=O) groups is 1. The van der Waals surface area contributed by atoms with Crippen molar-refractivity contribution in [1.82, 2.24) is 9.80 Å². The van der Waals surface area contributed by atoms with Crippen molar-refractivity contribution in [3.05, 3.63) is 112 Å². The van der Waals surface area contributed by atoms with Gasteiger partial charge < -0.3 is 14.5 Å².